The summed E-state index contributed by atoms with van der Waals surface area (Å²) in [4.78, 5) is 20.1. The van der Waals surface area contributed by atoms with Gasteiger partial charge in [-0.1, -0.05) is 17.7 Å². The van der Waals surface area contributed by atoms with Crippen molar-refractivity contribution in [3.05, 3.63) is 29.0 Å². The second kappa shape index (κ2) is 7.45. The van der Waals surface area contributed by atoms with Crippen LogP contribution in [-0.4, -0.2) is 48.8 Å². The average Bonchev–Trinajstić information content (AvgIpc) is 2.44. The van der Waals surface area contributed by atoms with E-state index in [1.54, 1.807) is 0 Å². The monoisotopic (exact) mass is 391 g/mol. The fourth-order valence-corrected chi connectivity index (χ4v) is 3.68. The van der Waals surface area contributed by atoms with Crippen LogP contribution >= 0.6 is 11.6 Å². The van der Waals surface area contributed by atoms with Crippen molar-refractivity contribution in [2.75, 3.05) is 6.54 Å². The highest BCUT2D eigenvalue weighted by Gasteiger charge is 2.49. The van der Waals surface area contributed by atoms with Gasteiger partial charge >= 0.3 is 12.1 Å². The van der Waals surface area contributed by atoms with Crippen molar-refractivity contribution in [2.45, 2.75) is 23.5 Å². The normalized spacial score (nSPS) is 13.8. The number of benzene rings is 1. The molecule has 0 saturated heterocycles. The van der Waals surface area contributed by atoms with Gasteiger partial charge in [-0.05, 0) is 12.1 Å². The minimum absolute atomic E-state index is 0.166. The third kappa shape index (κ3) is 4.42. The number of aliphatic carboxylic acids is 1. The van der Waals surface area contributed by atoms with E-state index in [0.29, 0.717) is 6.07 Å². The number of halogens is 5. The molecule has 0 fully saturated rings. The lowest BCUT2D eigenvalue weighted by Crippen LogP contribution is -2.50. The van der Waals surface area contributed by atoms with Gasteiger partial charge in [0.2, 0.25) is 10.0 Å². The van der Waals surface area contributed by atoms with Crippen LogP contribution in [0.3, 0.4) is 0 Å². The Morgan fingerprint density at radius 3 is 2.42 bits per heavy atom. The van der Waals surface area contributed by atoms with Crippen LogP contribution in [0.5, 0.6) is 0 Å². The Labute approximate surface area is 138 Å². The summed E-state index contributed by atoms with van der Waals surface area (Å²) < 4.78 is 77.4. The maximum absolute atomic E-state index is 13.9. The minimum atomic E-state index is -5.30. The molecular weight excluding hydrogens is 382 g/mol. The highest BCUT2D eigenvalue weighted by Crippen LogP contribution is 2.33. The Morgan fingerprint density at radius 1 is 1.38 bits per heavy atom. The molecule has 1 unspecified atom stereocenters. The SMILES string of the molecule is O=CCN(C(CC(=O)O)C(F)(F)F)S(=O)(=O)c1cccc(Cl)c1F. The van der Waals surface area contributed by atoms with Gasteiger partial charge in [-0.25, -0.2) is 12.8 Å². The van der Waals surface area contributed by atoms with Crippen LogP contribution < -0.4 is 0 Å². The number of hydrogen-bond donors (Lipinski definition) is 1. The molecule has 0 aliphatic heterocycles. The minimum Gasteiger partial charge on any atom is -0.481 e. The lowest BCUT2D eigenvalue weighted by Gasteiger charge is -2.30. The first-order chi connectivity index (χ1) is 10.9. The summed E-state index contributed by atoms with van der Waals surface area (Å²) >= 11 is 5.41. The molecule has 1 aromatic rings. The van der Waals surface area contributed by atoms with Crippen molar-refractivity contribution >= 4 is 33.9 Å². The smallest absolute Gasteiger partial charge is 0.405 e. The molecule has 0 amide bonds. The van der Waals surface area contributed by atoms with Crippen molar-refractivity contribution in [1.29, 1.82) is 0 Å². The van der Waals surface area contributed by atoms with Crippen LogP contribution in [-0.2, 0) is 19.6 Å². The molecule has 0 radical (unpaired) electrons. The molecule has 134 valence electrons. The summed E-state index contributed by atoms with van der Waals surface area (Å²) in [6.07, 6.45) is -7.12. The lowest BCUT2D eigenvalue weighted by atomic mass is 10.2. The zero-order chi connectivity index (χ0) is 18.7. The van der Waals surface area contributed by atoms with Crippen molar-refractivity contribution in [3.8, 4) is 0 Å². The van der Waals surface area contributed by atoms with Gasteiger partial charge in [-0.15, -0.1) is 0 Å². The van der Waals surface area contributed by atoms with Crippen molar-refractivity contribution in [3.63, 3.8) is 0 Å². The summed E-state index contributed by atoms with van der Waals surface area (Å²) in [5, 5.41) is 7.93. The van der Waals surface area contributed by atoms with Gasteiger partial charge in [0.25, 0.3) is 0 Å². The number of hydrogen-bond acceptors (Lipinski definition) is 4. The molecule has 0 spiro atoms. The Morgan fingerprint density at radius 2 is 1.96 bits per heavy atom. The molecule has 0 saturated carbocycles. The van der Waals surface area contributed by atoms with Gasteiger partial charge in [0.15, 0.2) is 5.82 Å². The number of nitrogens with zero attached hydrogens (tertiary/aromatic N) is 1. The Kier molecular flexibility index (Phi) is 6.31. The molecule has 0 bridgehead atoms. The number of alkyl halides is 3. The Balaban J connectivity index is 3.53. The molecule has 1 N–H and O–H groups in total. The zero-order valence-electron chi connectivity index (χ0n) is 11.6. The summed E-state index contributed by atoms with van der Waals surface area (Å²) in [7, 11) is -5.19. The zero-order valence-corrected chi connectivity index (χ0v) is 13.2. The van der Waals surface area contributed by atoms with Crippen molar-refractivity contribution in [2.24, 2.45) is 0 Å². The van der Waals surface area contributed by atoms with E-state index in [2.05, 4.69) is 0 Å². The summed E-state index contributed by atoms with van der Waals surface area (Å²) in [5.41, 5.74) is 0. The van der Waals surface area contributed by atoms with Gasteiger partial charge in [0, 0.05) is 0 Å². The van der Waals surface area contributed by atoms with Gasteiger partial charge < -0.3 is 9.90 Å². The Bertz CT molecular complexity index is 737. The lowest BCUT2D eigenvalue weighted by molar-refractivity contribution is -0.179. The van der Waals surface area contributed by atoms with E-state index in [1.807, 2.05) is 0 Å². The first-order valence-electron chi connectivity index (χ1n) is 6.11. The summed E-state index contributed by atoms with van der Waals surface area (Å²) in [6.45, 7) is -1.31. The van der Waals surface area contributed by atoms with E-state index < -0.39 is 61.2 Å². The number of rotatable bonds is 7. The van der Waals surface area contributed by atoms with Crippen LogP contribution in [0.2, 0.25) is 5.02 Å². The summed E-state index contributed by atoms with van der Waals surface area (Å²) in [6, 6.07) is -0.443. The number of carbonyl (C=O) groups excluding carboxylic acids is 1. The van der Waals surface area contributed by atoms with Crippen LogP contribution in [0.4, 0.5) is 17.6 Å². The molecule has 1 atom stereocenters. The second-order valence-electron chi connectivity index (χ2n) is 4.45. The standard InChI is InChI=1S/C12H10ClF4NO5S/c13-7-2-1-3-8(11(7)14)24(22,23)18(4-5-19)9(6-10(20)21)12(15,16)17/h1-3,5,9H,4,6H2,(H,20,21). The summed E-state index contributed by atoms with van der Waals surface area (Å²) in [5.74, 6) is -3.46. The van der Waals surface area contributed by atoms with E-state index >= 15 is 0 Å². The van der Waals surface area contributed by atoms with Crippen molar-refractivity contribution < 1.29 is 40.7 Å². The van der Waals surface area contributed by atoms with E-state index in [4.69, 9.17) is 16.7 Å². The molecule has 0 heterocycles. The molecule has 0 aliphatic carbocycles. The topological polar surface area (TPSA) is 91.8 Å². The van der Waals surface area contributed by atoms with Crippen molar-refractivity contribution in [1.82, 2.24) is 4.31 Å². The molecule has 12 heteroatoms. The molecule has 0 aromatic heterocycles. The maximum atomic E-state index is 13.9. The third-order valence-corrected chi connectivity index (χ3v) is 5.03. The molecular formula is C12H10ClF4NO5S. The molecule has 1 aromatic carbocycles. The van der Waals surface area contributed by atoms with Crippen LogP contribution in [0.15, 0.2) is 23.1 Å². The molecule has 0 aliphatic rings. The van der Waals surface area contributed by atoms with Crippen LogP contribution in [0.1, 0.15) is 6.42 Å². The average molecular weight is 392 g/mol. The van der Waals surface area contributed by atoms with Gasteiger partial charge in [-0.3, -0.25) is 4.79 Å². The van der Waals surface area contributed by atoms with Crippen LogP contribution in [0.25, 0.3) is 0 Å². The van der Waals surface area contributed by atoms with Gasteiger partial charge in [-0.2, -0.15) is 17.5 Å². The van der Waals surface area contributed by atoms with Gasteiger partial charge in [0.1, 0.15) is 17.2 Å². The first-order valence-corrected chi connectivity index (χ1v) is 7.92. The number of carboxylic acids is 1. The molecule has 6 nitrogen and oxygen atoms in total. The van der Waals surface area contributed by atoms with E-state index in [1.165, 1.54) is 0 Å². The predicted molar refractivity (Wildman–Crippen MR) is 73.5 cm³/mol. The fraction of sp³-hybridized carbons (Fsp3) is 0.333. The van der Waals surface area contributed by atoms with E-state index in [-0.39, 0.29) is 6.29 Å². The fourth-order valence-electron chi connectivity index (χ4n) is 1.82. The second-order valence-corrected chi connectivity index (χ2v) is 6.71. The maximum Gasteiger partial charge on any atom is 0.405 e. The number of carboxylic acid groups (broad SMARTS) is 1. The number of sulfonamides is 1. The largest absolute Gasteiger partial charge is 0.481 e. The first kappa shape index (κ1) is 20.3. The predicted octanol–water partition coefficient (Wildman–Crippen LogP) is 2.07. The quantitative estimate of drug-likeness (QED) is 0.567. The number of carbonyl (C=O) groups is 2. The molecule has 1 rings (SSSR count). The van der Waals surface area contributed by atoms with E-state index in [9.17, 15) is 35.6 Å². The third-order valence-electron chi connectivity index (χ3n) is 2.85. The molecule has 24 heavy (non-hydrogen) atoms. The van der Waals surface area contributed by atoms with Crippen LogP contribution in [0, 0.1) is 5.82 Å². The highest BCUT2D eigenvalue weighted by atomic mass is 35.5. The number of aldehydes is 1. The Hall–Kier alpha value is -1.72. The van der Waals surface area contributed by atoms with Gasteiger partial charge in [0.05, 0.1) is 18.0 Å². The highest BCUT2D eigenvalue weighted by molar-refractivity contribution is 7.89. The van der Waals surface area contributed by atoms with E-state index in [0.717, 1.165) is 12.1 Å².